The molecule has 1 heterocycles. The van der Waals surface area contributed by atoms with E-state index in [1.165, 1.54) is 0 Å². The van der Waals surface area contributed by atoms with Gasteiger partial charge in [-0.3, -0.25) is 9.59 Å². The van der Waals surface area contributed by atoms with E-state index in [9.17, 15) is 9.59 Å². The Morgan fingerprint density at radius 1 is 1.44 bits per heavy atom. The molecule has 4 N–H and O–H groups in total. The number of anilines is 1. The average Bonchev–Trinajstić information content (AvgIpc) is 2.56. The van der Waals surface area contributed by atoms with Crippen molar-refractivity contribution in [3.63, 3.8) is 0 Å². The molecule has 0 atom stereocenters. The number of hydrogen-bond acceptors (Lipinski definition) is 3. The van der Waals surface area contributed by atoms with Crippen molar-refractivity contribution in [1.82, 2.24) is 15.2 Å². The molecule has 0 spiro atoms. The second-order valence-corrected chi connectivity index (χ2v) is 4.50. The van der Waals surface area contributed by atoms with Gasteiger partial charge in [0, 0.05) is 32.3 Å². The number of aryl methyl sites for hydroxylation is 1. The van der Waals surface area contributed by atoms with Gasteiger partial charge in [0.05, 0.1) is 5.69 Å². The molecule has 0 fully saturated rings. The van der Waals surface area contributed by atoms with E-state index in [1.807, 2.05) is 13.8 Å². The van der Waals surface area contributed by atoms with Crippen LogP contribution in [0.2, 0.25) is 0 Å². The van der Waals surface area contributed by atoms with Gasteiger partial charge in [0.15, 0.2) is 0 Å². The van der Waals surface area contributed by atoms with Crippen LogP contribution in [0.25, 0.3) is 0 Å². The third-order valence-corrected chi connectivity index (χ3v) is 2.35. The van der Waals surface area contributed by atoms with Gasteiger partial charge in [0.25, 0.3) is 5.91 Å². The lowest BCUT2D eigenvalue weighted by atomic mass is 10.3. The molecule has 0 aromatic carbocycles. The summed E-state index contributed by atoms with van der Waals surface area (Å²) in [4.78, 5) is 23.1. The Morgan fingerprint density at radius 3 is 2.61 bits per heavy atom. The number of nitrogens with two attached hydrogens (primary N) is 1. The van der Waals surface area contributed by atoms with E-state index >= 15 is 0 Å². The maximum absolute atomic E-state index is 11.8. The Hall–Kier alpha value is -1.98. The van der Waals surface area contributed by atoms with Crippen LogP contribution >= 0.6 is 0 Å². The van der Waals surface area contributed by atoms with Crippen molar-refractivity contribution in [3.05, 3.63) is 18.0 Å². The molecule has 0 aliphatic heterocycles. The fourth-order valence-electron chi connectivity index (χ4n) is 1.59. The van der Waals surface area contributed by atoms with Crippen molar-refractivity contribution in [3.8, 4) is 0 Å². The number of amides is 2. The Labute approximate surface area is 107 Å². The van der Waals surface area contributed by atoms with E-state index in [4.69, 9.17) is 5.73 Å². The molecule has 2 amide bonds. The van der Waals surface area contributed by atoms with E-state index < -0.39 is 0 Å². The van der Waals surface area contributed by atoms with Gasteiger partial charge in [-0.1, -0.05) is 0 Å². The molecular formula is C12H20N4O2. The Balaban J connectivity index is 2.38. The molecule has 0 radical (unpaired) electrons. The molecule has 0 saturated heterocycles. The van der Waals surface area contributed by atoms with E-state index in [0.717, 1.165) is 0 Å². The first kappa shape index (κ1) is 14.1. The van der Waals surface area contributed by atoms with Crippen LogP contribution in [-0.2, 0) is 11.8 Å². The van der Waals surface area contributed by atoms with Gasteiger partial charge in [0.2, 0.25) is 5.91 Å². The summed E-state index contributed by atoms with van der Waals surface area (Å²) in [6.45, 7) is 4.09. The molecule has 100 valence electrons. The van der Waals surface area contributed by atoms with Gasteiger partial charge in [0.1, 0.15) is 5.69 Å². The van der Waals surface area contributed by atoms with Gasteiger partial charge in [-0.25, -0.2) is 0 Å². The van der Waals surface area contributed by atoms with Crippen molar-refractivity contribution < 1.29 is 9.59 Å². The number of nitrogen functional groups attached to an aromatic ring is 1. The van der Waals surface area contributed by atoms with Crippen LogP contribution in [-0.4, -0.2) is 29.0 Å². The standard InChI is InChI=1S/C12H20N4O2/c1-8(2)15-11(17)4-5-14-12(18)10-6-9(13)7-16(10)3/h6-8H,4-5,13H2,1-3H3,(H,14,18)(H,15,17). The average molecular weight is 252 g/mol. The maximum atomic E-state index is 11.8. The molecular weight excluding hydrogens is 232 g/mol. The van der Waals surface area contributed by atoms with Crippen molar-refractivity contribution in [2.75, 3.05) is 12.3 Å². The summed E-state index contributed by atoms with van der Waals surface area (Å²) in [5, 5.41) is 5.44. The lowest BCUT2D eigenvalue weighted by Crippen LogP contribution is -2.34. The minimum absolute atomic E-state index is 0.0725. The van der Waals surface area contributed by atoms with Gasteiger partial charge in [-0.05, 0) is 19.9 Å². The van der Waals surface area contributed by atoms with Gasteiger partial charge in [-0.15, -0.1) is 0 Å². The van der Waals surface area contributed by atoms with Crippen LogP contribution in [0.5, 0.6) is 0 Å². The highest BCUT2D eigenvalue weighted by molar-refractivity contribution is 5.94. The molecule has 1 rings (SSSR count). The fourth-order valence-corrected chi connectivity index (χ4v) is 1.59. The largest absolute Gasteiger partial charge is 0.397 e. The molecule has 0 bridgehead atoms. The predicted molar refractivity (Wildman–Crippen MR) is 70.1 cm³/mol. The van der Waals surface area contributed by atoms with Crippen LogP contribution in [0.4, 0.5) is 5.69 Å². The number of hydrogen-bond donors (Lipinski definition) is 3. The van der Waals surface area contributed by atoms with Gasteiger partial charge in [-0.2, -0.15) is 0 Å². The number of carbonyl (C=O) groups is 2. The van der Waals surface area contributed by atoms with E-state index in [-0.39, 0.29) is 24.3 Å². The SMILES string of the molecule is CC(C)NC(=O)CCNC(=O)c1cc(N)cn1C. The number of nitrogens with one attached hydrogen (secondary N) is 2. The first-order valence-corrected chi connectivity index (χ1v) is 5.89. The monoisotopic (exact) mass is 252 g/mol. The highest BCUT2D eigenvalue weighted by Crippen LogP contribution is 2.08. The molecule has 0 unspecified atom stereocenters. The van der Waals surface area contributed by atoms with Crippen LogP contribution in [0.3, 0.4) is 0 Å². The Bertz CT molecular complexity index is 437. The summed E-state index contributed by atoms with van der Waals surface area (Å²) in [5.74, 6) is -0.303. The molecule has 0 aliphatic carbocycles. The summed E-state index contributed by atoms with van der Waals surface area (Å²) in [5.41, 5.74) is 6.61. The summed E-state index contributed by atoms with van der Waals surface area (Å²) in [6, 6.07) is 1.71. The molecule has 0 saturated carbocycles. The van der Waals surface area contributed by atoms with Crippen molar-refractivity contribution in [1.29, 1.82) is 0 Å². The first-order chi connectivity index (χ1) is 8.40. The van der Waals surface area contributed by atoms with Gasteiger partial charge < -0.3 is 20.9 Å². The van der Waals surface area contributed by atoms with Gasteiger partial charge >= 0.3 is 0 Å². The third-order valence-electron chi connectivity index (χ3n) is 2.35. The summed E-state index contributed by atoms with van der Waals surface area (Å²) in [7, 11) is 1.75. The second-order valence-electron chi connectivity index (χ2n) is 4.50. The third kappa shape index (κ3) is 4.12. The number of aromatic nitrogens is 1. The Morgan fingerprint density at radius 2 is 2.11 bits per heavy atom. The molecule has 6 nitrogen and oxygen atoms in total. The number of carbonyl (C=O) groups excluding carboxylic acids is 2. The molecule has 0 aliphatic rings. The van der Waals surface area contributed by atoms with Crippen molar-refractivity contribution >= 4 is 17.5 Å². The second kappa shape index (κ2) is 6.09. The quantitative estimate of drug-likeness (QED) is 0.702. The summed E-state index contributed by atoms with van der Waals surface area (Å²) in [6.07, 6.45) is 1.93. The van der Waals surface area contributed by atoms with Crippen LogP contribution in [0.15, 0.2) is 12.3 Å². The minimum atomic E-state index is -0.230. The number of rotatable bonds is 5. The lowest BCUT2D eigenvalue weighted by Gasteiger charge is -2.09. The smallest absolute Gasteiger partial charge is 0.267 e. The zero-order valence-electron chi connectivity index (χ0n) is 11.0. The summed E-state index contributed by atoms with van der Waals surface area (Å²) < 4.78 is 1.65. The molecule has 18 heavy (non-hydrogen) atoms. The Kier molecular flexibility index (Phi) is 4.76. The minimum Gasteiger partial charge on any atom is -0.397 e. The highest BCUT2D eigenvalue weighted by Gasteiger charge is 2.11. The fraction of sp³-hybridized carbons (Fsp3) is 0.500. The summed E-state index contributed by atoms with van der Waals surface area (Å²) >= 11 is 0. The van der Waals surface area contributed by atoms with Crippen LogP contribution < -0.4 is 16.4 Å². The molecule has 1 aromatic heterocycles. The zero-order valence-corrected chi connectivity index (χ0v) is 11.0. The predicted octanol–water partition coefficient (Wildman–Crippen LogP) is 0.252. The lowest BCUT2D eigenvalue weighted by molar-refractivity contribution is -0.121. The first-order valence-electron chi connectivity index (χ1n) is 5.89. The molecule has 1 aromatic rings. The molecule has 6 heteroatoms. The van der Waals surface area contributed by atoms with Crippen LogP contribution in [0.1, 0.15) is 30.8 Å². The topological polar surface area (TPSA) is 89.2 Å². The maximum Gasteiger partial charge on any atom is 0.267 e. The zero-order chi connectivity index (χ0) is 13.7. The normalized spacial score (nSPS) is 10.4. The van der Waals surface area contributed by atoms with E-state index in [1.54, 1.807) is 23.9 Å². The van der Waals surface area contributed by atoms with E-state index in [2.05, 4.69) is 10.6 Å². The number of nitrogens with zero attached hydrogens (tertiary/aromatic N) is 1. The van der Waals surface area contributed by atoms with Crippen molar-refractivity contribution in [2.24, 2.45) is 7.05 Å². The van der Waals surface area contributed by atoms with Crippen LogP contribution in [0, 0.1) is 0 Å². The van der Waals surface area contributed by atoms with E-state index in [0.29, 0.717) is 17.9 Å². The van der Waals surface area contributed by atoms with Crippen molar-refractivity contribution in [2.45, 2.75) is 26.3 Å². The highest BCUT2D eigenvalue weighted by atomic mass is 16.2.